The van der Waals surface area contributed by atoms with Crippen LogP contribution in [0.1, 0.15) is 37.0 Å². The predicted molar refractivity (Wildman–Crippen MR) is 94.2 cm³/mol. The molecule has 0 N–H and O–H groups in total. The van der Waals surface area contributed by atoms with E-state index in [4.69, 9.17) is 9.47 Å². The van der Waals surface area contributed by atoms with E-state index in [0.29, 0.717) is 6.42 Å². The third-order valence-corrected chi connectivity index (χ3v) is 6.60. The fourth-order valence-electron chi connectivity index (χ4n) is 3.91. The molecule has 4 rings (SSSR count). The topological polar surface area (TPSA) is 38.8 Å². The summed E-state index contributed by atoms with van der Waals surface area (Å²) < 4.78 is 11.8. The molecule has 5 heteroatoms. The van der Waals surface area contributed by atoms with Crippen LogP contribution in [-0.4, -0.2) is 49.8 Å². The number of hydrogen-bond donors (Lipinski definition) is 0. The van der Waals surface area contributed by atoms with Crippen molar-refractivity contribution < 1.29 is 14.3 Å². The van der Waals surface area contributed by atoms with Gasteiger partial charge >= 0.3 is 0 Å². The lowest BCUT2D eigenvalue weighted by Gasteiger charge is -2.38. The number of carbonyl (C=O) groups excluding carboxylic acids is 1. The monoisotopic (exact) mass is 349 g/mol. The second kappa shape index (κ2) is 7.14. The highest BCUT2D eigenvalue weighted by Crippen LogP contribution is 2.42. The number of carbonyl (C=O) groups is 1. The third kappa shape index (κ3) is 4.01. The van der Waals surface area contributed by atoms with Crippen LogP contribution >= 0.6 is 11.3 Å². The molecular weight excluding hydrogens is 322 g/mol. The lowest BCUT2D eigenvalue weighted by molar-refractivity contribution is -0.132. The Labute approximate surface area is 148 Å². The summed E-state index contributed by atoms with van der Waals surface area (Å²) in [4.78, 5) is 15.6. The zero-order valence-corrected chi connectivity index (χ0v) is 15.1. The standard InChI is InChI=1S/C19H27NO3S/c21-18(10-17-2-1-9-24-17)20-7-5-19(6-8-20)11-16(23-14-19)13-22-12-15-3-4-15/h1-2,9,15-16H,3-8,10-14H2. The van der Waals surface area contributed by atoms with Gasteiger partial charge < -0.3 is 14.4 Å². The van der Waals surface area contributed by atoms with Gasteiger partial charge in [0.05, 0.1) is 25.7 Å². The van der Waals surface area contributed by atoms with Gasteiger partial charge in [-0.25, -0.2) is 0 Å². The maximum absolute atomic E-state index is 12.4. The molecule has 1 atom stereocenters. The fourth-order valence-corrected chi connectivity index (χ4v) is 4.60. The highest BCUT2D eigenvalue weighted by Gasteiger charge is 2.43. The Hall–Kier alpha value is -0.910. The average Bonchev–Trinajstić information content (AvgIpc) is 3.11. The van der Waals surface area contributed by atoms with Crippen LogP contribution in [0.25, 0.3) is 0 Å². The lowest BCUT2D eigenvalue weighted by atomic mass is 9.76. The van der Waals surface area contributed by atoms with Gasteiger partial charge in [0.25, 0.3) is 0 Å². The molecule has 1 amide bonds. The van der Waals surface area contributed by atoms with Crippen LogP contribution in [0.3, 0.4) is 0 Å². The van der Waals surface area contributed by atoms with E-state index in [9.17, 15) is 4.79 Å². The van der Waals surface area contributed by atoms with Gasteiger partial charge in [0, 0.05) is 24.6 Å². The summed E-state index contributed by atoms with van der Waals surface area (Å²) >= 11 is 1.67. The fraction of sp³-hybridized carbons (Fsp3) is 0.737. The predicted octanol–water partition coefficient (Wildman–Crippen LogP) is 3.11. The molecule has 2 saturated heterocycles. The Balaban J connectivity index is 1.21. The van der Waals surface area contributed by atoms with Gasteiger partial charge in [0.15, 0.2) is 0 Å². The van der Waals surface area contributed by atoms with Crippen molar-refractivity contribution in [3.05, 3.63) is 22.4 Å². The lowest BCUT2D eigenvalue weighted by Crippen LogP contribution is -2.44. The average molecular weight is 349 g/mol. The molecule has 1 aliphatic carbocycles. The minimum Gasteiger partial charge on any atom is -0.378 e. The van der Waals surface area contributed by atoms with E-state index in [1.165, 1.54) is 12.8 Å². The number of piperidine rings is 1. The van der Waals surface area contributed by atoms with Crippen molar-refractivity contribution in [2.45, 2.75) is 44.6 Å². The second-order valence-corrected chi connectivity index (χ2v) is 8.79. The van der Waals surface area contributed by atoms with Crippen molar-refractivity contribution in [2.75, 3.05) is 32.9 Å². The quantitative estimate of drug-likeness (QED) is 0.792. The number of hydrogen-bond acceptors (Lipinski definition) is 4. The first kappa shape index (κ1) is 16.6. The number of amides is 1. The second-order valence-electron chi connectivity index (χ2n) is 7.75. The molecule has 2 aliphatic heterocycles. The van der Waals surface area contributed by atoms with E-state index < -0.39 is 0 Å². The van der Waals surface area contributed by atoms with Gasteiger partial charge in [-0.15, -0.1) is 11.3 Å². The van der Waals surface area contributed by atoms with Gasteiger partial charge in [-0.3, -0.25) is 4.79 Å². The Morgan fingerprint density at radius 2 is 2.17 bits per heavy atom. The zero-order chi connectivity index (χ0) is 16.4. The van der Waals surface area contributed by atoms with Crippen LogP contribution in [0.5, 0.6) is 0 Å². The number of ether oxygens (including phenoxy) is 2. The van der Waals surface area contributed by atoms with Crippen LogP contribution in [0.4, 0.5) is 0 Å². The largest absolute Gasteiger partial charge is 0.378 e. The molecule has 3 aliphatic rings. The summed E-state index contributed by atoms with van der Waals surface area (Å²) in [5.74, 6) is 1.09. The summed E-state index contributed by atoms with van der Waals surface area (Å²) in [6.07, 6.45) is 6.74. The molecule has 132 valence electrons. The number of likely N-dealkylation sites (tertiary alicyclic amines) is 1. The van der Waals surface area contributed by atoms with E-state index in [1.807, 2.05) is 22.4 Å². The van der Waals surface area contributed by atoms with Gasteiger partial charge in [-0.2, -0.15) is 0 Å². The molecule has 1 aromatic heterocycles. The van der Waals surface area contributed by atoms with E-state index >= 15 is 0 Å². The normalized spacial score (nSPS) is 26.2. The maximum atomic E-state index is 12.4. The summed E-state index contributed by atoms with van der Waals surface area (Å²) in [7, 11) is 0. The summed E-state index contributed by atoms with van der Waals surface area (Å²) in [5, 5.41) is 2.04. The Morgan fingerprint density at radius 3 is 2.88 bits per heavy atom. The van der Waals surface area contributed by atoms with E-state index in [2.05, 4.69) is 0 Å². The molecule has 0 aromatic carbocycles. The van der Waals surface area contributed by atoms with Gasteiger partial charge in [-0.1, -0.05) is 6.07 Å². The van der Waals surface area contributed by atoms with Crippen LogP contribution in [0.15, 0.2) is 17.5 Å². The smallest absolute Gasteiger partial charge is 0.227 e. The molecule has 3 fully saturated rings. The minimum atomic E-state index is 0.261. The zero-order valence-electron chi connectivity index (χ0n) is 14.2. The molecule has 0 bridgehead atoms. The number of thiophene rings is 1. The summed E-state index contributed by atoms with van der Waals surface area (Å²) in [6, 6.07) is 4.06. The van der Waals surface area contributed by atoms with E-state index in [1.54, 1.807) is 11.3 Å². The summed E-state index contributed by atoms with van der Waals surface area (Å²) in [6.45, 7) is 4.26. The molecule has 1 saturated carbocycles. The SMILES string of the molecule is O=C(Cc1cccs1)N1CCC2(CC1)COC(COCC1CC1)C2. The van der Waals surface area contributed by atoms with Crippen molar-refractivity contribution in [3.8, 4) is 0 Å². The van der Waals surface area contributed by atoms with E-state index in [0.717, 1.165) is 63.0 Å². The molecule has 24 heavy (non-hydrogen) atoms. The Kier molecular flexibility index (Phi) is 4.93. The molecular formula is C19H27NO3S. The van der Waals surface area contributed by atoms with Crippen LogP contribution in [0.2, 0.25) is 0 Å². The summed E-state index contributed by atoms with van der Waals surface area (Å²) in [5.41, 5.74) is 0.285. The first-order valence-electron chi connectivity index (χ1n) is 9.22. The first-order chi connectivity index (χ1) is 11.7. The Morgan fingerprint density at radius 1 is 1.33 bits per heavy atom. The number of rotatable bonds is 6. The molecule has 1 aromatic rings. The Bertz CT molecular complexity index is 547. The van der Waals surface area contributed by atoms with Crippen molar-refractivity contribution in [3.63, 3.8) is 0 Å². The van der Waals surface area contributed by atoms with Crippen molar-refractivity contribution in [1.82, 2.24) is 4.90 Å². The third-order valence-electron chi connectivity index (χ3n) is 5.72. The minimum absolute atomic E-state index is 0.261. The van der Waals surface area contributed by atoms with Crippen molar-refractivity contribution in [2.24, 2.45) is 11.3 Å². The van der Waals surface area contributed by atoms with E-state index in [-0.39, 0.29) is 17.4 Å². The molecule has 1 spiro atoms. The first-order valence-corrected chi connectivity index (χ1v) is 10.1. The van der Waals surface area contributed by atoms with Crippen LogP contribution < -0.4 is 0 Å². The number of nitrogens with zero attached hydrogens (tertiary/aromatic N) is 1. The highest BCUT2D eigenvalue weighted by molar-refractivity contribution is 7.10. The molecule has 0 radical (unpaired) electrons. The maximum Gasteiger partial charge on any atom is 0.227 e. The van der Waals surface area contributed by atoms with Crippen LogP contribution in [-0.2, 0) is 20.7 Å². The van der Waals surface area contributed by atoms with Crippen molar-refractivity contribution >= 4 is 17.2 Å². The molecule has 1 unspecified atom stereocenters. The van der Waals surface area contributed by atoms with Gasteiger partial charge in [-0.05, 0) is 54.9 Å². The molecule has 3 heterocycles. The van der Waals surface area contributed by atoms with Crippen LogP contribution in [0, 0.1) is 11.3 Å². The van der Waals surface area contributed by atoms with Crippen molar-refractivity contribution in [1.29, 1.82) is 0 Å². The van der Waals surface area contributed by atoms with Gasteiger partial charge in [0.1, 0.15) is 0 Å². The highest BCUT2D eigenvalue weighted by atomic mass is 32.1. The molecule has 4 nitrogen and oxygen atoms in total. The van der Waals surface area contributed by atoms with Gasteiger partial charge in [0.2, 0.25) is 5.91 Å².